The van der Waals surface area contributed by atoms with Gasteiger partial charge in [0.25, 0.3) is 0 Å². The summed E-state index contributed by atoms with van der Waals surface area (Å²) < 4.78 is 51.8. The van der Waals surface area contributed by atoms with Crippen LogP contribution >= 0.6 is 0 Å². The molecule has 0 aromatic rings. The minimum Gasteiger partial charge on any atom is -0.304 e. The molecule has 0 aromatic heterocycles. The summed E-state index contributed by atoms with van der Waals surface area (Å²) in [6.45, 7) is 5.07. The lowest BCUT2D eigenvalue weighted by Crippen LogP contribution is -2.62. The van der Waals surface area contributed by atoms with E-state index in [1.165, 1.54) is 0 Å². The molecule has 16 heavy (non-hydrogen) atoms. The van der Waals surface area contributed by atoms with Gasteiger partial charge >= 0.3 is 6.18 Å². The van der Waals surface area contributed by atoms with Gasteiger partial charge in [0, 0.05) is 26.2 Å². The molecule has 0 aliphatic carbocycles. The lowest BCUT2D eigenvalue weighted by Gasteiger charge is -2.44. The van der Waals surface area contributed by atoms with Gasteiger partial charge in [0.1, 0.15) is 5.83 Å². The van der Waals surface area contributed by atoms with Gasteiger partial charge in [0.05, 0.1) is 0 Å². The van der Waals surface area contributed by atoms with Crippen molar-refractivity contribution in [3.05, 3.63) is 12.4 Å². The Morgan fingerprint density at radius 1 is 1.12 bits per heavy atom. The van der Waals surface area contributed by atoms with Gasteiger partial charge in [-0.25, -0.2) is 4.39 Å². The second-order valence-electron chi connectivity index (χ2n) is 4.27. The van der Waals surface area contributed by atoms with Crippen LogP contribution in [0.4, 0.5) is 17.6 Å². The summed E-state index contributed by atoms with van der Waals surface area (Å²) in [6.07, 6.45) is -4.64. The highest BCUT2D eigenvalue weighted by Crippen LogP contribution is 2.41. The van der Waals surface area contributed by atoms with Gasteiger partial charge in [0.2, 0.25) is 0 Å². The van der Waals surface area contributed by atoms with Crippen LogP contribution in [0.5, 0.6) is 0 Å². The van der Waals surface area contributed by atoms with Crippen molar-refractivity contribution >= 4 is 0 Å². The highest BCUT2D eigenvalue weighted by atomic mass is 19.4. The summed E-state index contributed by atoms with van der Waals surface area (Å²) in [6, 6.07) is 0. The van der Waals surface area contributed by atoms with Gasteiger partial charge in [-0.1, -0.05) is 6.58 Å². The van der Waals surface area contributed by atoms with E-state index in [0.717, 1.165) is 11.8 Å². The summed E-state index contributed by atoms with van der Waals surface area (Å²) in [5, 5.41) is 0. The van der Waals surface area contributed by atoms with E-state index in [1.54, 1.807) is 0 Å². The van der Waals surface area contributed by atoms with Crippen molar-refractivity contribution in [1.82, 2.24) is 9.80 Å². The highest BCUT2D eigenvalue weighted by Gasteiger charge is 2.57. The maximum absolute atomic E-state index is 13.2. The number of piperazine rings is 1. The second-order valence-corrected chi connectivity index (χ2v) is 4.27. The Bertz CT molecular complexity index is 268. The van der Waals surface area contributed by atoms with E-state index in [2.05, 4.69) is 6.58 Å². The lowest BCUT2D eigenvalue weighted by atomic mass is 9.96. The van der Waals surface area contributed by atoms with Crippen LogP contribution in [0.3, 0.4) is 0 Å². The molecule has 1 atom stereocenters. The molecule has 94 valence electrons. The van der Waals surface area contributed by atoms with Crippen molar-refractivity contribution in [3.63, 3.8) is 0 Å². The fraction of sp³-hybridized carbons (Fsp3) is 0.800. The summed E-state index contributed by atoms with van der Waals surface area (Å²) in [7, 11) is 1.83. The summed E-state index contributed by atoms with van der Waals surface area (Å²) >= 11 is 0. The summed E-state index contributed by atoms with van der Waals surface area (Å²) in [5.74, 6) is -1.34. The number of likely N-dealkylation sites (N-methyl/N-ethyl adjacent to an activating group) is 1. The maximum atomic E-state index is 13.2. The molecule has 1 unspecified atom stereocenters. The molecule has 6 heteroatoms. The molecule has 1 heterocycles. The third-order valence-corrected chi connectivity index (χ3v) is 3.22. The quantitative estimate of drug-likeness (QED) is 0.681. The van der Waals surface area contributed by atoms with E-state index in [-0.39, 0.29) is 13.1 Å². The van der Waals surface area contributed by atoms with E-state index in [0.29, 0.717) is 13.1 Å². The highest BCUT2D eigenvalue weighted by molar-refractivity contribution is 5.13. The third-order valence-electron chi connectivity index (χ3n) is 3.22. The number of alkyl halides is 3. The fourth-order valence-electron chi connectivity index (χ4n) is 1.76. The Balaban J connectivity index is 2.91. The first-order valence-electron chi connectivity index (χ1n) is 5.05. The van der Waals surface area contributed by atoms with Crippen molar-refractivity contribution in [1.29, 1.82) is 0 Å². The Hall–Kier alpha value is -0.620. The molecule has 1 aliphatic heterocycles. The Morgan fingerprint density at radius 2 is 1.56 bits per heavy atom. The molecule has 1 rings (SSSR count). The minimum absolute atomic E-state index is 0.190. The number of hydrogen-bond donors (Lipinski definition) is 0. The molecule has 0 spiro atoms. The van der Waals surface area contributed by atoms with E-state index >= 15 is 0 Å². The summed E-state index contributed by atoms with van der Waals surface area (Å²) in [4.78, 5) is 3.02. The zero-order valence-corrected chi connectivity index (χ0v) is 9.44. The third kappa shape index (κ3) is 2.22. The molecule has 1 saturated heterocycles. The van der Waals surface area contributed by atoms with Crippen LogP contribution in [-0.4, -0.2) is 54.7 Å². The number of halogens is 4. The molecular weight excluding hydrogens is 224 g/mol. The first-order valence-corrected chi connectivity index (χ1v) is 5.05. The molecule has 0 radical (unpaired) electrons. The van der Waals surface area contributed by atoms with Crippen LogP contribution in [0.2, 0.25) is 0 Å². The zero-order valence-electron chi connectivity index (χ0n) is 9.44. The normalized spacial score (nSPS) is 24.1. The minimum atomic E-state index is -4.64. The Kier molecular flexibility index (Phi) is 3.64. The van der Waals surface area contributed by atoms with Crippen molar-refractivity contribution in [3.8, 4) is 0 Å². The predicted octanol–water partition coefficient (Wildman–Crippen LogP) is 2.04. The Morgan fingerprint density at radius 3 is 1.88 bits per heavy atom. The zero-order chi connectivity index (χ0) is 12.6. The average molecular weight is 240 g/mol. The van der Waals surface area contributed by atoms with E-state index < -0.39 is 17.5 Å². The summed E-state index contributed by atoms with van der Waals surface area (Å²) in [5.41, 5.74) is -2.56. The maximum Gasteiger partial charge on any atom is 0.413 e. The van der Waals surface area contributed by atoms with Crippen molar-refractivity contribution in [2.45, 2.75) is 18.6 Å². The molecular formula is C10H16F4N2. The van der Waals surface area contributed by atoms with Crippen LogP contribution in [0.1, 0.15) is 6.92 Å². The van der Waals surface area contributed by atoms with Crippen LogP contribution < -0.4 is 0 Å². The lowest BCUT2D eigenvalue weighted by molar-refractivity contribution is -0.221. The van der Waals surface area contributed by atoms with Gasteiger partial charge < -0.3 is 4.90 Å². The standard InChI is InChI=1S/C10H16F4N2/c1-8(11)9(2,10(12,13)14)16-6-4-15(3)5-7-16/h1,4-7H2,2-3H3. The van der Waals surface area contributed by atoms with Crippen LogP contribution in [0.25, 0.3) is 0 Å². The molecule has 0 aromatic carbocycles. The van der Waals surface area contributed by atoms with Crippen molar-refractivity contribution < 1.29 is 17.6 Å². The van der Waals surface area contributed by atoms with Crippen LogP contribution in [-0.2, 0) is 0 Å². The fourth-order valence-corrected chi connectivity index (χ4v) is 1.76. The first kappa shape index (κ1) is 13.4. The molecule has 0 bridgehead atoms. The van der Waals surface area contributed by atoms with Crippen molar-refractivity contribution in [2.24, 2.45) is 0 Å². The largest absolute Gasteiger partial charge is 0.413 e. The number of nitrogens with zero attached hydrogens (tertiary/aromatic N) is 2. The van der Waals surface area contributed by atoms with Gasteiger partial charge in [-0.2, -0.15) is 13.2 Å². The molecule has 0 N–H and O–H groups in total. The topological polar surface area (TPSA) is 6.48 Å². The van der Waals surface area contributed by atoms with Gasteiger partial charge in [-0.3, -0.25) is 4.90 Å². The van der Waals surface area contributed by atoms with Gasteiger partial charge in [-0.15, -0.1) is 0 Å². The van der Waals surface area contributed by atoms with Crippen molar-refractivity contribution in [2.75, 3.05) is 33.2 Å². The molecule has 1 aliphatic rings. The van der Waals surface area contributed by atoms with E-state index in [1.807, 2.05) is 11.9 Å². The molecule has 0 saturated carbocycles. The second kappa shape index (κ2) is 4.33. The molecule has 0 amide bonds. The number of hydrogen-bond acceptors (Lipinski definition) is 2. The van der Waals surface area contributed by atoms with Crippen LogP contribution in [0, 0.1) is 0 Å². The monoisotopic (exact) mass is 240 g/mol. The smallest absolute Gasteiger partial charge is 0.304 e. The van der Waals surface area contributed by atoms with Gasteiger partial charge in [0.15, 0.2) is 5.54 Å². The van der Waals surface area contributed by atoms with E-state index in [4.69, 9.17) is 0 Å². The SMILES string of the molecule is C=C(F)C(C)(N1CCN(C)CC1)C(F)(F)F. The molecule has 1 fully saturated rings. The van der Waals surface area contributed by atoms with E-state index in [9.17, 15) is 17.6 Å². The first-order chi connectivity index (χ1) is 7.19. The Labute approximate surface area is 92.5 Å². The van der Waals surface area contributed by atoms with Crippen LogP contribution in [0.15, 0.2) is 12.4 Å². The number of rotatable bonds is 2. The van der Waals surface area contributed by atoms with Gasteiger partial charge in [-0.05, 0) is 14.0 Å². The average Bonchev–Trinajstić information content (AvgIpc) is 2.15. The predicted molar refractivity (Wildman–Crippen MR) is 53.8 cm³/mol. The molecule has 2 nitrogen and oxygen atoms in total.